The van der Waals surface area contributed by atoms with E-state index >= 15 is 0 Å². The molecule has 0 bridgehead atoms. The summed E-state index contributed by atoms with van der Waals surface area (Å²) in [5, 5.41) is 16.3. The van der Waals surface area contributed by atoms with Crippen LogP contribution in [0, 0.1) is 6.92 Å². The van der Waals surface area contributed by atoms with Gasteiger partial charge in [0.15, 0.2) is 16.8 Å². The standard InChI is InChI=1S/C20H24ClN5O3S/c1-4-14(5-2)26-18(11-28-16-9-7-6-8-15(16)21)23-24-20(26)30-12-19(27)22-17-10-13(3)29-25-17/h6-10,14H,4-5,11-12H2,1-3H3,(H,22,25,27). The first-order valence-electron chi connectivity index (χ1n) is 9.68. The summed E-state index contributed by atoms with van der Waals surface area (Å²) in [5.41, 5.74) is 0. The van der Waals surface area contributed by atoms with E-state index in [2.05, 4.69) is 39.1 Å². The number of ether oxygens (including phenoxy) is 1. The number of amides is 1. The van der Waals surface area contributed by atoms with Gasteiger partial charge >= 0.3 is 0 Å². The summed E-state index contributed by atoms with van der Waals surface area (Å²) in [6.07, 6.45) is 1.82. The zero-order valence-electron chi connectivity index (χ0n) is 17.1. The predicted molar refractivity (Wildman–Crippen MR) is 116 cm³/mol. The van der Waals surface area contributed by atoms with Gasteiger partial charge in [-0.25, -0.2) is 0 Å². The van der Waals surface area contributed by atoms with E-state index in [1.807, 2.05) is 18.2 Å². The van der Waals surface area contributed by atoms with Gasteiger partial charge < -0.3 is 19.1 Å². The molecule has 0 radical (unpaired) electrons. The van der Waals surface area contributed by atoms with Gasteiger partial charge in [0.25, 0.3) is 0 Å². The third-order valence-electron chi connectivity index (χ3n) is 4.46. The van der Waals surface area contributed by atoms with Crippen LogP contribution in [0.15, 0.2) is 40.0 Å². The summed E-state index contributed by atoms with van der Waals surface area (Å²) in [4.78, 5) is 12.3. The Morgan fingerprint density at radius 1 is 1.30 bits per heavy atom. The Morgan fingerprint density at radius 3 is 2.73 bits per heavy atom. The molecule has 0 saturated carbocycles. The van der Waals surface area contributed by atoms with Gasteiger partial charge in [-0.1, -0.05) is 54.5 Å². The average molecular weight is 450 g/mol. The molecule has 0 fully saturated rings. The van der Waals surface area contributed by atoms with Gasteiger partial charge in [-0.05, 0) is 31.9 Å². The molecule has 2 heterocycles. The van der Waals surface area contributed by atoms with Crippen LogP contribution in [-0.4, -0.2) is 31.6 Å². The Bertz CT molecular complexity index is 986. The highest BCUT2D eigenvalue weighted by Crippen LogP contribution is 2.28. The van der Waals surface area contributed by atoms with Gasteiger partial charge in [-0.2, -0.15) is 0 Å². The lowest BCUT2D eigenvalue weighted by Crippen LogP contribution is -2.17. The number of nitrogens with zero attached hydrogens (tertiary/aromatic N) is 4. The van der Waals surface area contributed by atoms with Crippen molar-refractivity contribution in [2.24, 2.45) is 0 Å². The molecular formula is C20H24ClN5O3S. The normalized spacial score (nSPS) is 11.1. The van der Waals surface area contributed by atoms with E-state index in [9.17, 15) is 4.79 Å². The van der Waals surface area contributed by atoms with Crippen LogP contribution in [0.2, 0.25) is 5.02 Å². The molecule has 0 aliphatic carbocycles. The van der Waals surface area contributed by atoms with Crippen molar-refractivity contribution < 1.29 is 14.1 Å². The van der Waals surface area contributed by atoms with Crippen molar-refractivity contribution in [2.75, 3.05) is 11.1 Å². The average Bonchev–Trinajstić information content (AvgIpc) is 3.33. The van der Waals surface area contributed by atoms with Crippen LogP contribution in [-0.2, 0) is 11.4 Å². The fourth-order valence-electron chi connectivity index (χ4n) is 2.96. The van der Waals surface area contributed by atoms with Gasteiger partial charge in [0.1, 0.15) is 18.1 Å². The maximum atomic E-state index is 12.3. The maximum Gasteiger partial charge on any atom is 0.236 e. The van der Waals surface area contributed by atoms with E-state index in [4.69, 9.17) is 20.9 Å². The number of anilines is 1. The van der Waals surface area contributed by atoms with Gasteiger partial charge in [0.05, 0.1) is 10.8 Å². The van der Waals surface area contributed by atoms with Crippen LogP contribution in [0.1, 0.15) is 44.3 Å². The number of nitrogens with one attached hydrogen (secondary N) is 1. The van der Waals surface area contributed by atoms with Crippen LogP contribution in [0.3, 0.4) is 0 Å². The van der Waals surface area contributed by atoms with Gasteiger partial charge in [-0.3, -0.25) is 4.79 Å². The summed E-state index contributed by atoms with van der Waals surface area (Å²) in [5.74, 6) is 2.30. The number of thioether (sulfide) groups is 1. The molecule has 0 aliphatic rings. The number of aromatic nitrogens is 4. The Morgan fingerprint density at radius 2 is 2.07 bits per heavy atom. The van der Waals surface area contributed by atoms with E-state index in [1.54, 1.807) is 19.1 Å². The SMILES string of the molecule is CCC(CC)n1c(COc2ccccc2Cl)nnc1SCC(=O)Nc1cc(C)on1. The van der Waals surface area contributed by atoms with Crippen molar-refractivity contribution in [3.63, 3.8) is 0 Å². The Kier molecular flexibility index (Phi) is 7.75. The summed E-state index contributed by atoms with van der Waals surface area (Å²) in [6.45, 7) is 6.22. The summed E-state index contributed by atoms with van der Waals surface area (Å²) >= 11 is 7.50. The second kappa shape index (κ2) is 10.5. The highest BCUT2D eigenvalue weighted by molar-refractivity contribution is 7.99. The highest BCUT2D eigenvalue weighted by atomic mass is 35.5. The number of carbonyl (C=O) groups is 1. The van der Waals surface area contributed by atoms with Crippen molar-refractivity contribution in [1.29, 1.82) is 0 Å². The molecule has 160 valence electrons. The number of carbonyl (C=O) groups excluding carboxylic acids is 1. The summed E-state index contributed by atoms with van der Waals surface area (Å²) < 4.78 is 12.9. The lowest BCUT2D eigenvalue weighted by Gasteiger charge is -2.19. The first-order chi connectivity index (χ1) is 14.5. The van der Waals surface area contributed by atoms with Crippen LogP contribution in [0.25, 0.3) is 0 Å². The van der Waals surface area contributed by atoms with Crippen molar-refractivity contribution >= 4 is 35.1 Å². The lowest BCUT2D eigenvalue weighted by molar-refractivity contribution is -0.113. The second-order valence-corrected chi connectivity index (χ2v) is 7.97. The monoisotopic (exact) mass is 449 g/mol. The van der Waals surface area contributed by atoms with Crippen molar-refractivity contribution in [1.82, 2.24) is 19.9 Å². The minimum atomic E-state index is -0.193. The number of hydrogen-bond acceptors (Lipinski definition) is 7. The third-order valence-corrected chi connectivity index (χ3v) is 5.72. The molecule has 0 aliphatic heterocycles. The summed E-state index contributed by atoms with van der Waals surface area (Å²) in [7, 11) is 0. The van der Waals surface area contributed by atoms with Crippen LogP contribution < -0.4 is 10.1 Å². The molecule has 0 unspecified atom stereocenters. The van der Waals surface area contributed by atoms with Gasteiger partial charge in [0.2, 0.25) is 5.91 Å². The third kappa shape index (κ3) is 5.54. The first-order valence-corrected chi connectivity index (χ1v) is 11.0. The Balaban J connectivity index is 1.70. The minimum Gasteiger partial charge on any atom is -0.484 e. The molecule has 2 aromatic heterocycles. The van der Waals surface area contributed by atoms with Gasteiger partial charge in [-0.15, -0.1) is 10.2 Å². The second-order valence-electron chi connectivity index (χ2n) is 6.62. The Hall–Kier alpha value is -2.52. The van der Waals surface area contributed by atoms with Crippen LogP contribution in [0.5, 0.6) is 5.75 Å². The molecule has 1 amide bonds. The molecule has 30 heavy (non-hydrogen) atoms. The largest absolute Gasteiger partial charge is 0.484 e. The number of rotatable bonds is 10. The molecule has 1 N–H and O–H groups in total. The van der Waals surface area contributed by atoms with Crippen LogP contribution >= 0.6 is 23.4 Å². The van der Waals surface area contributed by atoms with E-state index < -0.39 is 0 Å². The predicted octanol–water partition coefficient (Wildman–Crippen LogP) is 4.90. The number of benzene rings is 1. The number of para-hydroxylation sites is 1. The van der Waals surface area contributed by atoms with E-state index in [-0.39, 0.29) is 24.3 Å². The molecule has 0 saturated heterocycles. The molecular weight excluding hydrogens is 426 g/mol. The smallest absolute Gasteiger partial charge is 0.236 e. The molecule has 10 heteroatoms. The van der Waals surface area contributed by atoms with E-state index in [0.717, 1.165) is 12.8 Å². The molecule has 0 spiro atoms. The number of hydrogen-bond donors (Lipinski definition) is 1. The topological polar surface area (TPSA) is 95.1 Å². The van der Waals surface area contributed by atoms with Crippen molar-refractivity contribution in [3.05, 3.63) is 46.9 Å². The molecule has 8 nitrogen and oxygen atoms in total. The fraction of sp³-hybridized carbons (Fsp3) is 0.400. The van der Waals surface area contributed by atoms with E-state index in [0.29, 0.717) is 33.3 Å². The van der Waals surface area contributed by atoms with Gasteiger partial charge in [0, 0.05) is 12.1 Å². The molecule has 3 rings (SSSR count). The zero-order valence-corrected chi connectivity index (χ0v) is 18.7. The van der Waals surface area contributed by atoms with Crippen molar-refractivity contribution in [3.8, 4) is 5.75 Å². The first kappa shape index (κ1) is 22.2. The zero-order chi connectivity index (χ0) is 21.5. The maximum absolute atomic E-state index is 12.3. The molecule has 0 atom stereocenters. The molecule has 1 aromatic carbocycles. The lowest BCUT2D eigenvalue weighted by atomic mass is 10.2. The minimum absolute atomic E-state index is 0.176. The summed E-state index contributed by atoms with van der Waals surface area (Å²) in [6, 6.07) is 9.17. The quantitative estimate of drug-likeness (QED) is 0.440. The highest BCUT2D eigenvalue weighted by Gasteiger charge is 2.20. The van der Waals surface area contributed by atoms with Crippen molar-refractivity contribution in [2.45, 2.75) is 51.4 Å². The molecule has 3 aromatic rings. The number of halogens is 1. The van der Waals surface area contributed by atoms with E-state index in [1.165, 1.54) is 11.8 Å². The fourth-order valence-corrected chi connectivity index (χ4v) is 3.98. The number of aryl methyl sites for hydroxylation is 1. The van der Waals surface area contributed by atoms with Crippen LogP contribution in [0.4, 0.5) is 5.82 Å². The Labute approximate surface area is 184 Å².